The summed E-state index contributed by atoms with van der Waals surface area (Å²) in [5.41, 5.74) is 0. The molecule has 4 unspecified atom stereocenters. The minimum absolute atomic E-state index is 0.399. The molecule has 0 heterocycles. The summed E-state index contributed by atoms with van der Waals surface area (Å²) in [6.45, 7) is 4.47. The van der Waals surface area contributed by atoms with Gasteiger partial charge in [-0.25, -0.2) is 0 Å². The van der Waals surface area contributed by atoms with E-state index in [0.29, 0.717) is 11.3 Å². The van der Waals surface area contributed by atoms with E-state index < -0.39 is 10.8 Å². The van der Waals surface area contributed by atoms with Crippen molar-refractivity contribution in [1.29, 1.82) is 0 Å². The third-order valence-electron chi connectivity index (χ3n) is 4.14. The van der Waals surface area contributed by atoms with Gasteiger partial charge in [0, 0.05) is 22.6 Å². The number of hydrogen-bond donors (Lipinski definition) is 1. The summed E-state index contributed by atoms with van der Waals surface area (Å²) in [6, 6.07) is 0.486. The Morgan fingerprint density at radius 3 is 2.59 bits per heavy atom. The van der Waals surface area contributed by atoms with Gasteiger partial charge in [-0.3, -0.25) is 4.21 Å². The highest BCUT2D eigenvalue weighted by molar-refractivity contribution is 7.85. The molecule has 3 heteroatoms. The minimum Gasteiger partial charge on any atom is -0.316 e. The van der Waals surface area contributed by atoms with Gasteiger partial charge in [0.1, 0.15) is 0 Å². The smallest absolute Gasteiger partial charge is 0.0503 e. The van der Waals surface area contributed by atoms with E-state index in [1.807, 2.05) is 7.05 Å². The van der Waals surface area contributed by atoms with Crippen LogP contribution in [0.1, 0.15) is 58.8 Å². The van der Waals surface area contributed by atoms with Crippen LogP contribution in [0.4, 0.5) is 0 Å². The lowest BCUT2D eigenvalue weighted by Crippen LogP contribution is -2.45. The van der Waals surface area contributed by atoms with Gasteiger partial charge in [-0.1, -0.05) is 33.1 Å². The number of rotatable bonds is 7. The van der Waals surface area contributed by atoms with E-state index in [1.165, 1.54) is 38.5 Å². The van der Waals surface area contributed by atoms with Crippen LogP contribution >= 0.6 is 0 Å². The Bertz CT molecular complexity index is 232. The molecule has 0 aromatic rings. The van der Waals surface area contributed by atoms with Gasteiger partial charge in [0.05, 0.1) is 5.25 Å². The molecular formula is C14H29NOS. The maximum Gasteiger partial charge on any atom is 0.0503 e. The van der Waals surface area contributed by atoms with Gasteiger partial charge in [0.15, 0.2) is 0 Å². The van der Waals surface area contributed by atoms with Crippen molar-refractivity contribution in [2.24, 2.45) is 5.92 Å². The van der Waals surface area contributed by atoms with Crippen LogP contribution in [0.15, 0.2) is 0 Å². The summed E-state index contributed by atoms with van der Waals surface area (Å²) >= 11 is 0. The van der Waals surface area contributed by atoms with Crippen LogP contribution < -0.4 is 5.32 Å². The van der Waals surface area contributed by atoms with Gasteiger partial charge in [0.2, 0.25) is 0 Å². The van der Waals surface area contributed by atoms with E-state index in [4.69, 9.17) is 0 Å². The Morgan fingerprint density at radius 1 is 1.24 bits per heavy atom. The van der Waals surface area contributed by atoms with Crippen molar-refractivity contribution in [3.63, 3.8) is 0 Å². The van der Waals surface area contributed by atoms with Crippen LogP contribution in [-0.2, 0) is 10.8 Å². The normalized spacial score (nSPS) is 31.4. The third-order valence-corrected chi connectivity index (χ3v) is 6.02. The Hall–Kier alpha value is 0.110. The maximum atomic E-state index is 12.4. The molecule has 102 valence electrons. The topological polar surface area (TPSA) is 29.1 Å². The van der Waals surface area contributed by atoms with E-state index in [2.05, 4.69) is 19.2 Å². The lowest BCUT2D eigenvalue weighted by molar-refractivity contribution is 0.301. The molecule has 0 spiro atoms. The third kappa shape index (κ3) is 4.70. The largest absolute Gasteiger partial charge is 0.316 e. The van der Waals surface area contributed by atoms with Crippen molar-refractivity contribution in [2.45, 2.75) is 70.1 Å². The molecule has 1 fully saturated rings. The van der Waals surface area contributed by atoms with Crippen molar-refractivity contribution < 1.29 is 4.21 Å². The summed E-state index contributed by atoms with van der Waals surface area (Å²) in [5.74, 6) is 1.72. The van der Waals surface area contributed by atoms with Crippen molar-refractivity contribution in [1.82, 2.24) is 5.32 Å². The van der Waals surface area contributed by atoms with Crippen LogP contribution in [-0.4, -0.2) is 28.3 Å². The van der Waals surface area contributed by atoms with Crippen molar-refractivity contribution in [3.8, 4) is 0 Å². The second-order valence-electron chi connectivity index (χ2n) is 5.31. The Balaban J connectivity index is 2.47. The van der Waals surface area contributed by atoms with Gasteiger partial charge < -0.3 is 5.32 Å². The quantitative estimate of drug-likeness (QED) is 0.712. The van der Waals surface area contributed by atoms with Crippen LogP contribution in [0, 0.1) is 5.92 Å². The minimum atomic E-state index is -0.623. The Kier molecular flexibility index (Phi) is 7.36. The maximum absolute atomic E-state index is 12.4. The number of hydrogen-bond acceptors (Lipinski definition) is 2. The van der Waals surface area contributed by atoms with Crippen LogP contribution in [0.3, 0.4) is 0 Å². The summed E-state index contributed by atoms with van der Waals surface area (Å²) in [6.07, 6.45) is 8.51. The highest BCUT2D eigenvalue weighted by Crippen LogP contribution is 2.30. The highest BCUT2D eigenvalue weighted by Gasteiger charge is 2.32. The van der Waals surface area contributed by atoms with Crippen LogP contribution in [0.25, 0.3) is 0 Å². The van der Waals surface area contributed by atoms with Gasteiger partial charge in [-0.05, 0) is 38.6 Å². The van der Waals surface area contributed by atoms with E-state index in [0.717, 1.165) is 18.1 Å². The van der Waals surface area contributed by atoms with Gasteiger partial charge >= 0.3 is 0 Å². The van der Waals surface area contributed by atoms with E-state index in [9.17, 15) is 4.21 Å². The lowest BCUT2D eigenvalue weighted by Gasteiger charge is -2.35. The average Bonchev–Trinajstić information content (AvgIpc) is 2.38. The molecule has 0 bridgehead atoms. The summed E-state index contributed by atoms with van der Waals surface area (Å²) < 4.78 is 12.4. The monoisotopic (exact) mass is 259 g/mol. The lowest BCUT2D eigenvalue weighted by atomic mass is 9.84. The Labute approximate surface area is 109 Å². The summed E-state index contributed by atoms with van der Waals surface area (Å²) in [4.78, 5) is 0. The van der Waals surface area contributed by atoms with Crippen LogP contribution in [0.2, 0.25) is 0 Å². The van der Waals surface area contributed by atoms with Gasteiger partial charge in [-0.2, -0.15) is 0 Å². The molecule has 1 saturated carbocycles. The average molecular weight is 259 g/mol. The molecule has 0 amide bonds. The van der Waals surface area contributed by atoms with Gasteiger partial charge in [-0.15, -0.1) is 0 Å². The standard InChI is InChI=1S/C14H29NOS/c1-4-6-7-10-17(16)14-11-12(5-2)8-9-13(14)15-3/h12-15H,4-11H2,1-3H3. The number of unbranched alkanes of at least 4 members (excludes halogenated alkanes) is 2. The number of nitrogens with one attached hydrogen (secondary N) is 1. The molecule has 17 heavy (non-hydrogen) atoms. The first-order valence-corrected chi connectivity index (χ1v) is 8.65. The molecule has 1 N–H and O–H groups in total. The molecular weight excluding hydrogens is 230 g/mol. The molecule has 1 aliphatic rings. The predicted octanol–water partition coefficient (Wildman–Crippen LogP) is 3.09. The summed E-state index contributed by atoms with van der Waals surface area (Å²) in [7, 11) is 1.40. The molecule has 1 rings (SSSR count). The second-order valence-corrected chi connectivity index (χ2v) is 7.09. The van der Waals surface area contributed by atoms with Crippen LogP contribution in [0.5, 0.6) is 0 Å². The van der Waals surface area contributed by atoms with E-state index in [1.54, 1.807) is 0 Å². The van der Waals surface area contributed by atoms with Gasteiger partial charge in [0.25, 0.3) is 0 Å². The molecule has 4 atom stereocenters. The molecule has 0 saturated heterocycles. The molecule has 0 radical (unpaired) electrons. The molecule has 0 aliphatic heterocycles. The first-order chi connectivity index (χ1) is 8.22. The first-order valence-electron chi connectivity index (χ1n) is 7.27. The fourth-order valence-corrected chi connectivity index (χ4v) is 4.77. The van der Waals surface area contributed by atoms with E-state index in [-0.39, 0.29) is 0 Å². The SMILES string of the molecule is CCCCCS(=O)C1CC(CC)CCC1NC. The zero-order valence-electron chi connectivity index (χ0n) is 11.7. The van der Waals surface area contributed by atoms with Crippen molar-refractivity contribution >= 4 is 10.8 Å². The molecule has 0 aromatic heterocycles. The fourth-order valence-electron chi connectivity index (χ4n) is 2.85. The highest BCUT2D eigenvalue weighted by atomic mass is 32.2. The fraction of sp³-hybridized carbons (Fsp3) is 1.00. The first kappa shape index (κ1) is 15.2. The molecule has 2 nitrogen and oxygen atoms in total. The zero-order valence-corrected chi connectivity index (χ0v) is 12.5. The molecule has 1 aliphatic carbocycles. The Morgan fingerprint density at radius 2 is 2.00 bits per heavy atom. The summed E-state index contributed by atoms with van der Waals surface area (Å²) in [5, 5.41) is 3.78. The molecule has 0 aromatic carbocycles. The van der Waals surface area contributed by atoms with E-state index >= 15 is 0 Å². The van der Waals surface area contributed by atoms with Crippen molar-refractivity contribution in [2.75, 3.05) is 12.8 Å². The second kappa shape index (κ2) is 8.25. The zero-order chi connectivity index (χ0) is 12.7. The van der Waals surface area contributed by atoms with Crippen molar-refractivity contribution in [3.05, 3.63) is 0 Å². The predicted molar refractivity (Wildman–Crippen MR) is 76.8 cm³/mol.